The first-order valence-electron chi connectivity index (χ1n) is 12.5. The number of methoxy groups -OCH3 is 1. The third kappa shape index (κ3) is 5.16. The minimum absolute atomic E-state index is 0.194. The number of nitrogens with zero attached hydrogens (tertiary/aromatic N) is 4. The summed E-state index contributed by atoms with van der Waals surface area (Å²) < 4.78 is 34.4. The number of carbonyl (C=O) groups is 1. The summed E-state index contributed by atoms with van der Waals surface area (Å²) in [6, 6.07) is 15.6. The summed E-state index contributed by atoms with van der Waals surface area (Å²) in [5.74, 6) is 0.678. The van der Waals surface area contributed by atoms with Crippen molar-refractivity contribution in [2.45, 2.75) is 38.1 Å². The summed E-state index contributed by atoms with van der Waals surface area (Å²) in [4.78, 5) is 24.8. The number of hydrogen-bond donors (Lipinski definition) is 0. The molecule has 0 saturated carbocycles. The highest BCUT2D eigenvalue weighted by atomic mass is 32.2. The minimum atomic E-state index is -3.61. The number of rotatable bonds is 7. The van der Waals surface area contributed by atoms with Crippen LogP contribution in [0.1, 0.15) is 41.4 Å². The molecular formula is C28H30N4O4S2. The molecule has 1 aliphatic rings. The van der Waals surface area contributed by atoms with Crippen LogP contribution in [0.4, 0.5) is 5.13 Å². The molecule has 2 aromatic heterocycles. The molecule has 1 fully saturated rings. The molecule has 1 saturated heterocycles. The van der Waals surface area contributed by atoms with E-state index in [0.717, 1.165) is 23.1 Å². The zero-order valence-corrected chi connectivity index (χ0v) is 23.3. The number of pyridine rings is 1. The van der Waals surface area contributed by atoms with Crippen LogP contribution in [0.2, 0.25) is 0 Å². The Balaban J connectivity index is 1.49. The molecule has 0 bridgehead atoms. The first-order valence-corrected chi connectivity index (χ1v) is 14.8. The van der Waals surface area contributed by atoms with Crippen LogP contribution in [0.3, 0.4) is 0 Å². The minimum Gasteiger partial charge on any atom is -0.494 e. The van der Waals surface area contributed by atoms with E-state index in [1.165, 1.54) is 23.5 Å². The van der Waals surface area contributed by atoms with Gasteiger partial charge in [-0.05, 0) is 73.7 Å². The van der Waals surface area contributed by atoms with Crippen molar-refractivity contribution in [3.05, 3.63) is 77.6 Å². The molecule has 1 amide bonds. The maximum atomic E-state index is 13.8. The second kappa shape index (κ2) is 10.8. The Morgan fingerprint density at radius 1 is 1.16 bits per heavy atom. The number of aryl methyl sites for hydroxylation is 1. The molecule has 1 aliphatic heterocycles. The number of anilines is 1. The van der Waals surface area contributed by atoms with Crippen molar-refractivity contribution in [1.29, 1.82) is 0 Å². The van der Waals surface area contributed by atoms with E-state index in [9.17, 15) is 13.2 Å². The van der Waals surface area contributed by atoms with Gasteiger partial charge in [-0.1, -0.05) is 30.4 Å². The number of amides is 1. The van der Waals surface area contributed by atoms with E-state index in [1.54, 1.807) is 34.6 Å². The maximum Gasteiger partial charge on any atom is 0.260 e. The second-order valence-electron chi connectivity index (χ2n) is 9.61. The first-order chi connectivity index (χ1) is 18.3. The summed E-state index contributed by atoms with van der Waals surface area (Å²) >= 11 is 1.41. The van der Waals surface area contributed by atoms with Crippen molar-refractivity contribution in [2.75, 3.05) is 25.1 Å². The molecule has 198 valence electrons. The Labute approximate surface area is 227 Å². The van der Waals surface area contributed by atoms with E-state index in [4.69, 9.17) is 9.72 Å². The molecule has 0 radical (unpaired) electrons. The predicted octanol–water partition coefficient (Wildman–Crippen LogP) is 5.28. The van der Waals surface area contributed by atoms with Gasteiger partial charge >= 0.3 is 0 Å². The summed E-state index contributed by atoms with van der Waals surface area (Å²) in [5, 5.41) is 0.516. The van der Waals surface area contributed by atoms with Crippen LogP contribution in [-0.4, -0.2) is 48.8 Å². The molecule has 0 aliphatic carbocycles. The summed E-state index contributed by atoms with van der Waals surface area (Å²) in [7, 11) is -2.02. The standard InChI is InChI=1S/C28H30N4O4S2/c1-19-7-6-16-31(17-19)38(34,35)23-12-10-21(11-13-23)27(33)32(18-22-8-4-5-15-29-22)28-30-25-24(36-3)14-9-20(2)26(25)37-28/h4-5,8-15,19H,6-7,16-18H2,1-3H3. The molecule has 10 heteroatoms. The lowest BCUT2D eigenvalue weighted by Gasteiger charge is -2.30. The van der Waals surface area contributed by atoms with Gasteiger partial charge in [-0.25, -0.2) is 13.4 Å². The van der Waals surface area contributed by atoms with Crippen LogP contribution >= 0.6 is 11.3 Å². The van der Waals surface area contributed by atoms with Crippen molar-refractivity contribution in [1.82, 2.24) is 14.3 Å². The lowest BCUT2D eigenvalue weighted by Crippen LogP contribution is -2.39. The van der Waals surface area contributed by atoms with Gasteiger partial charge in [-0.3, -0.25) is 14.7 Å². The van der Waals surface area contributed by atoms with Gasteiger partial charge in [0.25, 0.3) is 5.91 Å². The van der Waals surface area contributed by atoms with Crippen molar-refractivity contribution in [3.63, 3.8) is 0 Å². The van der Waals surface area contributed by atoms with E-state index in [-0.39, 0.29) is 17.3 Å². The molecule has 2 aromatic carbocycles. The third-order valence-electron chi connectivity index (χ3n) is 6.79. The number of thiazole rings is 1. The highest BCUT2D eigenvalue weighted by Gasteiger charge is 2.29. The highest BCUT2D eigenvalue weighted by Crippen LogP contribution is 2.37. The number of benzene rings is 2. The van der Waals surface area contributed by atoms with E-state index < -0.39 is 10.0 Å². The lowest BCUT2D eigenvalue weighted by atomic mass is 10.0. The largest absolute Gasteiger partial charge is 0.494 e. The predicted molar refractivity (Wildman–Crippen MR) is 149 cm³/mol. The first kappa shape index (κ1) is 26.3. The number of piperidine rings is 1. The van der Waals surface area contributed by atoms with Crippen LogP contribution < -0.4 is 9.64 Å². The molecule has 0 spiro atoms. The second-order valence-corrected chi connectivity index (χ2v) is 12.5. The SMILES string of the molecule is COc1ccc(C)c2sc(N(Cc3ccccn3)C(=O)c3ccc(S(=O)(=O)N4CCCC(C)C4)cc3)nc12. The fourth-order valence-electron chi connectivity index (χ4n) is 4.70. The third-order valence-corrected chi connectivity index (χ3v) is 9.89. The van der Waals surface area contributed by atoms with Gasteiger partial charge in [-0.2, -0.15) is 4.31 Å². The molecule has 3 heterocycles. The number of sulfonamides is 1. The zero-order chi connectivity index (χ0) is 26.9. The molecular weight excluding hydrogens is 520 g/mol. The number of ether oxygens (including phenoxy) is 1. The molecule has 4 aromatic rings. The van der Waals surface area contributed by atoms with E-state index in [1.807, 2.05) is 37.3 Å². The lowest BCUT2D eigenvalue weighted by molar-refractivity contribution is 0.0984. The van der Waals surface area contributed by atoms with Gasteiger partial charge in [0, 0.05) is 24.8 Å². The normalized spacial score (nSPS) is 16.4. The van der Waals surface area contributed by atoms with Gasteiger partial charge in [0.15, 0.2) is 5.13 Å². The molecule has 1 atom stereocenters. The zero-order valence-electron chi connectivity index (χ0n) is 21.6. The summed E-state index contributed by atoms with van der Waals surface area (Å²) in [5.41, 5.74) is 2.82. The van der Waals surface area contributed by atoms with E-state index in [0.29, 0.717) is 46.7 Å². The van der Waals surface area contributed by atoms with Crippen LogP contribution in [0.25, 0.3) is 10.2 Å². The Morgan fingerprint density at radius 2 is 1.95 bits per heavy atom. The molecule has 5 rings (SSSR count). The van der Waals surface area contributed by atoms with Crippen LogP contribution in [0, 0.1) is 12.8 Å². The van der Waals surface area contributed by atoms with Gasteiger partial charge in [0.05, 0.1) is 28.9 Å². The van der Waals surface area contributed by atoms with Crippen LogP contribution in [0.5, 0.6) is 5.75 Å². The Kier molecular flexibility index (Phi) is 7.47. The van der Waals surface area contributed by atoms with Gasteiger partial charge < -0.3 is 4.74 Å². The summed E-state index contributed by atoms with van der Waals surface area (Å²) in [6.45, 7) is 5.31. The van der Waals surface area contributed by atoms with Crippen molar-refractivity contribution < 1.29 is 17.9 Å². The van der Waals surface area contributed by atoms with E-state index in [2.05, 4.69) is 11.9 Å². The number of hydrogen-bond acceptors (Lipinski definition) is 7. The maximum absolute atomic E-state index is 13.8. The average molecular weight is 551 g/mol. The van der Waals surface area contributed by atoms with Crippen LogP contribution in [-0.2, 0) is 16.6 Å². The van der Waals surface area contributed by atoms with Gasteiger partial charge in [-0.15, -0.1) is 0 Å². The van der Waals surface area contributed by atoms with Gasteiger partial charge in [0.1, 0.15) is 11.3 Å². The highest BCUT2D eigenvalue weighted by molar-refractivity contribution is 7.89. The average Bonchev–Trinajstić information content (AvgIpc) is 3.38. The number of carbonyl (C=O) groups excluding carboxylic acids is 1. The Hall–Kier alpha value is -3.34. The van der Waals surface area contributed by atoms with Crippen molar-refractivity contribution in [2.24, 2.45) is 5.92 Å². The Morgan fingerprint density at radius 3 is 2.63 bits per heavy atom. The quantitative estimate of drug-likeness (QED) is 0.311. The summed E-state index contributed by atoms with van der Waals surface area (Å²) in [6.07, 6.45) is 3.57. The molecule has 1 unspecified atom stereocenters. The fourth-order valence-corrected chi connectivity index (χ4v) is 7.34. The molecule has 0 N–H and O–H groups in total. The van der Waals surface area contributed by atoms with Crippen LogP contribution in [0.15, 0.2) is 65.7 Å². The van der Waals surface area contributed by atoms with Gasteiger partial charge in [0.2, 0.25) is 10.0 Å². The van der Waals surface area contributed by atoms with Crippen molar-refractivity contribution in [3.8, 4) is 5.75 Å². The van der Waals surface area contributed by atoms with E-state index >= 15 is 0 Å². The Bertz CT molecular complexity index is 1550. The number of aromatic nitrogens is 2. The molecule has 38 heavy (non-hydrogen) atoms. The smallest absolute Gasteiger partial charge is 0.260 e. The molecule has 8 nitrogen and oxygen atoms in total. The number of fused-ring (bicyclic) bond motifs is 1. The topological polar surface area (TPSA) is 92.7 Å². The van der Waals surface area contributed by atoms with Crippen molar-refractivity contribution >= 4 is 42.6 Å². The monoisotopic (exact) mass is 550 g/mol. The fraction of sp³-hybridized carbons (Fsp3) is 0.321.